The summed E-state index contributed by atoms with van der Waals surface area (Å²) in [4.78, 5) is 9.23. The van der Waals surface area contributed by atoms with Crippen molar-refractivity contribution >= 4 is 11.3 Å². The van der Waals surface area contributed by atoms with Gasteiger partial charge in [-0.15, -0.1) is 0 Å². The summed E-state index contributed by atoms with van der Waals surface area (Å²) in [5.41, 5.74) is 14.7. The van der Waals surface area contributed by atoms with Gasteiger partial charge in [-0.25, -0.2) is 14.5 Å². The number of hydrogen-bond acceptors (Lipinski definition) is 6. The fourth-order valence-electron chi connectivity index (χ4n) is 4.40. The van der Waals surface area contributed by atoms with E-state index in [9.17, 15) is 0 Å². The van der Waals surface area contributed by atoms with Gasteiger partial charge in [-0.05, 0) is 74.5 Å². The molecule has 0 radical (unpaired) electrons. The molecule has 2 heterocycles. The lowest BCUT2D eigenvalue weighted by atomic mass is 9.82. The zero-order valence-corrected chi connectivity index (χ0v) is 17.3. The van der Waals surface area contributed by atoms with Gasteiger partial charge in [-0.3, -0.25) is 0 Å². The number of anilines is 1. The predicted octanol–water partition coefficient (Wildman–Crippen LogP) is 4.40. The third kappa shape index (κ3) is 3.84. The highest BCUT2D eigenvalue weighted by molar-refractivity contribution is 5.85. The quantitative estimate of drug-likeness (QED) is 0.502. The van der Waals surface area contributed by atoms with Crippen LogP contribution in [0.15, 0.2) is 60.9 Å². The molecule has 5 rings (SSSR count). The summed E-state index contributed by atoms with van der Waals surface area (Å²) in [5.74, 6) is 3.92. The Bertz CT molecular complexity index is 1160. The molecule has 1 aliphatic rings. The standard InChI is InChI=1S/C24H26N6O/c25-14-16-6-8-18(9-7-16)24-29-21(22-23(26)27-15-28-30(22)24)17-10-12-20(13-11-17)31-19-4-2-1-3-5-19/h1-5,10-13,15-16,18H,6-9,14,25H2,(H2,26,27,28)/t16-,18-. The molecule has 31 heavy (non-hydrogen) atoms. The van der Waals surface area contributed by atoms with Gasteiger partial charge < -0.3 is 16.2 Å². The van der Waals surface area contributed by atoms with Gasteiger partial charge in [0.15, 0.2) is 5.82 Å². The second-order valence-corrected chi connectivity index (χ2v) is 8.12. The second-order valence-electron chi connectivity index (χ2n) is 8.12. The van der Waals surface area contributed by atoms with E-state index in [1.54, 1.807) is 0 Å². The van der Waals surface area contributed by atoms with E-state index >= 15 is 0 Å². The second kappa shape index (κ2) is 8.35. The molecule has 4 N–H and O–H groups in total. The Kier molecular flexibility index (Phi) is 5.26. The van der Waals surface area contributed by atoms with Crippen molar-refractivity contribution in [3.63, 3.8) is 0 Å². The SMILES string of the molecule is NC[C@H]1CC[C@H](c2nc(-c3ccc(Oc4ccccc4)cc3)c3c(N)ncnn32)CC1. The monoisotopic (exact) mass is 414 g/mol. The average molecular weight is 415 g/mol. The van der Waals surface area contributed by atoms with E-state index in [4.69, 9.17) is 21.2 Å². The molecule has 0 aliphatic heterocycles. The Hall–Kier alpha value is -3.45. The molecule has 0 atom stereocenters. The molecule has 0 bridgehead atoms. The number of rotatable bonds is 5. The molecule has 0 spiro atoms. The van der Waals surface area contributed by atoms with Crippen LogP contribution in [-0.2, 0) is 0 Å². The number of nitrogens with zero attached hydrogens (tertiary/aromatic N) is 4. The zero-order valence-electron chi connectivity index (χ0n) is 17.3. The third-order valence-electron chi connectivity index (χ3n) is 6.14. The molecule has 158 valence electrons. The van der Waals surface area contributed by atoms with Gasteiger partial charge >= 0.3 is 0 Å². The molecule has 1 saturated carbocycles. The molecule has 7 nitrogen and oxygen atoms in total. The van der Waals surface area contributed by atoms with Crippen LogP contribution in [-0.4, -0.2) is 26.1 Å². The lowest BCUT2D eigenvalue weighted by Crippen LogP contribution is -2.21. The molecular formula is C24H26N6O. The van der Waals surface area contributed by atoms with E-state index in [0.29, 0.717) is 17.7 Å². The number of aromatic nitrogens is 4. The minimum atomic E-state index is 0.346. The van der Waals surface area contributed by atoms with Gasteiger partial charge in [0, 0.05) is 11.5 Å². The van der Waals surface area contributed by atoms with Crippen molar-refractivity contribution in [1.29, 1.82) is 0 Å². The maximum absolute atomic E-state index is 6.26. The van der Waals surface area contributed by atoms with E-state index in [1.165, 1.54) is 6.33 Å². The van der Waals surface area contributed by atoms with Crippen molar-refractivity contribution < 1.29 is 4.74 Å². The maximum atomic E-state index is 6.26. The molecule has 0 unspecified atom stereocenters. The lowest BCUT2D eigenvalue weighted by molar-refractivity contribution is 0.323. The number of imidazole rings is 1. The highest BCUT2D eigenvalue weighted by atomic mass is 16.5. The van der Waals surface area contributed by atoms with Crippen LogP contribution < -0.4 is 16.2 Å². The van der Waals surface area contributed by atoms with Crippen molar-refractivity contribution in [3.05, 3.63) is 66.7 Å². The van der Waals surface area contributed by atoms with Crippen LogP contribution >= 0.6 is 0 Å². The predicted molar refractivity (Wildman–Crippen MR) is 121 cm³/mol. The number of ether oxygens (including phenoxy) is 1. The molecule has 2 aromatic carbocycles. The summed E-state index contributed by atoms with van der Waals surface area (Å²) in [6.07, 6.45) is 5.87. The van der Waals surface area contributed by atoms with E-state index in [2.05, 4.69) is 10.1 Å². The maximum Gasteiger partial charge on any atom is 0.153 e. The fraction of sp³-hybridized carbons (Fsp3) is 0.292. The molecule has 2 aromatic heterocycles. The van der Waals surface area contributed by atoms with Crippen LogP contribution in [0.5, 0.6) is 11.5 Å². The van der Waals surface area contributed by atoms with Gasteiger partial charge in [0.25, 0.3) is 0 Å². The number of hydrogen-bond donors (Lipinski definition) is 2. The van der Waals surface area contributed by atoms with Crippen LogP contribution in [0.1, 0.15) is 37.4 Å². The van der Waals surface area contributed by atoms with Gasteiger partial charge in [0.1, 0.15) is 34.9 Å². The van der Waals surface area contributed by atoms with Crippen LogP contribution in [0.25, 0.3) is 16.8 Å². The molecule has 1 fully saturated rings. The fourth-order valence-corrected chi connectivity index (χ4v) is 4.40. The summed E-state index contributed by atoms with van der Waals surface area (Å²) in [7, 11) is 0. The Balaban J connectivity index is 1.48. The summed E-state index contributed by atoms with van der Waals surface area (Å²) < 4.78 is 7.79. The minimum Gasteiger partial charge on any atom is -0.457 e. The first-order chi connectivity index (χ1) is 15.2. The molecule has 4 aromatic rings. The van der Waals surface area contributed by atoms with Crippen molar-refractivity contribution in [2.24, 2.45) is 11.7 Å². The first-order valence-electron chi connectivity index (χ1n) is 10.8. The average Bonchev–Trinajstić information content (AvgIpc) is 3.21. The molecule has 7 heteroatoms. The topological polar surface area (TPSA) is 104 Å². The molecular weight excluding hydrogens is 388 g/mol. The minimum absolute atomic E-state index is 0.346. The normalized spacial score (nSPS) is 18.9. The molecule has 0 saturated heterocycles. The van der Waals surface area contributed by atoms with E-state index in [0.717, 1.165) is 66.3 Å². The number of nitrogen functional groups attached to an aromatic ring is 1. The Labute approximate surface area is 181 Å². The summed E-state index contributed by atoms with van der Waals surface area (Å²) in [5, 5.41) is 4.49. The lowest BCUT2D eigenvalue weighted by Gasteiger charge is -2.26. The van der Waals surface area contributed by atoms with E-state index in [-0.39, 0.29) is 0 Å². The van der Waals surface area contributed by atoms with Crippen LogP contribution in [0, 0.1) is 5.92 Å². The largest absolute Gasteiger partial charge is 0.457 e. The van der Waals surface area contributed by atoms with Gasteiger partial charge in [0.2, 0.25) is 0 Å². The summed E-state index contributed by atoms with van der Waals surface area (Å²) in [6, 6.07) is 17.6. The number of nitrogens with two attached hydrogens (primary N) is 2. The van der Waals surface area contributed by atoms with Crippen molar-refractivity contribution in [3.8, 4) is 22.8 Å². The zero-order chi connectivity index (χ0) is 21.2. The highest BCUT2D eigenvalue weighted by Crippen LogP contribution is 2.38. The van der Waals surface area contributed by atoms with E-state index in [1.807, 2.05) is 59.1 Å². The number of fused-ring (bicyclic) bond motifs is 1. The Morgan fingerprint density at radius 1 is 0.935 bits per heavy atom. The third-order valence-corrected chi connectivity index (χ3v) is 6.14. The first-order valence-corrected chi connectivity index (χ1v) is 10.8. The van der Waals surface area contributed by atoms with Crippen molar-refractivity contribution in [2.45, 2.75) is 31.6 Å². The van der Waals surface area contributed by atoms with Crippen LogP contribution in [0.2, 0.25) is 0 Å². The molecule has 1 aliphatic carbocycles. The smallest absolute Gasteiger partial charge is 0.153 e. The van der Waals surface area contributed by atoms with Crippen LogP contribution in [0.4, 0.5) is 5.82 Å². The van der Waals surface area contributed by atoms with Crippen molar-refractivity contribution in [1.82, 2.24) is 19.6 Å². The number of benzene rings is 2. The first kappa shape index (κ1) is 19.5. The number of para-hydroxylation sites is 1. The van der Waals surface area contributed by atoms with E-state index < -0.39 is 0 Å². The highest BCUT2D eigenvalue weighted by Gasteiger charge is 2.27. The molecule has 0 amide bonds. The Morgan fingerprint density at radius 2 is 1.65 bits per heavy atom. The van der Waals surface area contributed by atoms with Gasteiger partial charge in [-0.2, -0.15) is 5.10 Å². The van der Waals surface area contributed by atoms with Crippen LogP contribution in [0.3, 0.4) is 0 Å². The summed E-state index contributed by atoms with van der Waals surface area (Å²) >= 11 is 0. The van der Waals surface area contributed by atoms with Gasteiger partial charge in [-0.1, -0.05) is 18.2 Å². The van der Waals surface area contributed by atoms with Crippen molar-refractivity contribution in [2.75, 3.05) is 12.3 Å². The Morgan fingerprint density at radius 3 is 2.35 bits per heavy atom. The summed E-state index contributed by atoms with van der Waals surface area (Å²) in [6.45, 7) is 0.757. The van der Waals surface area contributed by atoms with Gasteiger partial charge in [0.05, 0.1) is 0 Å².